The fraction of sp³-hybridized carbons (Fsp3) is 0.556. The van der Waals surface area contributed by atoms with E-state index in [0.29, 0.717) is 0 Å². The standard InChI is InChI=1S/C27H35Br/c1-18-15-27(23-11-6-12-23)26(20(3)19(2)17-28)16-24(18)13-14-25(21-7-4-8-21)22-9-5-10-22/h13-16,21,23H,4-12,17H2,1-3H3/b14-13-,20-19+. The minimum absolute atomic E-state index is 0.771. The van der Waals surface area contributed by atoms with Crippen LogP contribution in [0.4, 0.5) is 0 Å². The molecule has 0 unspecified atom stereocenters. The van der Waals surface area contributed by atoms with Gasteiger partial charge in [0.15, 0.2) is 0 Å². The van der Waals surface area contributed by atoms with E-state index in [1.807, 2.05) is 0 Å². The second-order valence-electron chi connectivity index (χ2n) is 9.34. The van der Waals surface area contributed by atoms with Crippen LogP contribution >= 0.6 is 15.9 Å². The summed E-state index contributed by atoms with van der Waals surface area (Å²) in [7, 11) is 0. The highest BCUT2D eigenvalue weighted by Crippen LogP contribution is 2.43. The van der Waals surface area contributed by atoms with Crippen LogP contribution in [0.5, 0.6) is 0 Å². The summed E-state index contributed by atoms with van der Waals surface area (Å²) < 4.78 is 0. The maximum absolute atomic E-state index is 3.67. The number of rotatable bonds is 6. The predicted molar refractivity (Wildman–Crippen MR) is 127 cm³/mol. The average molecular weight is 439 g/mol. The third-order valence-corrected chi connectivity index (χ3v) is 8.42. The molecule has 0 amide bonds. The Balaban J connectivity index is 1.70. The normalized spacial score (nSPS) is 21.2. The van der Waals surface area contributed by atoms with Gasteiger partial charge in [-0.2, -0.15) is 0 Å². The minimum Gasteiger partial charge on any atom is -0.0880 e. The van der Waals surface area contributed by atoms with E-state index in [1.54, 1.807) is 16.7 Å². The fourth-order valence-electron chi connectivity index (χ4n) is 4.72. The smallest absolute Gasteiger partial charge is 0.0245 e. The molecule has 0 bridgehead atoms. The molecule has 0 heterocycles. The van der Waals surface area contributed by atoms with Gasteiger partial charge in [-0.05, 0) is 117 Å². The maximum atomic E-state index is 3.67. The Hall–Kier alpha value is -1.08. The third kappa shape index (κ3) is 3.97. The number of halogens is 1. The molecule has 0 radical (unpaired) electrons. The first-order chi connectivity index (χ1) is 13.6. The van der Waals surface area contributed by atoms with Gasteiger partial charge in [0.2, 0.25) is 0 Å². The first-order valence-corrected chi connectivity index (χ1v) is 12.5. The Labute approximate surface area is 180 Å². The Bertz CT molecular complexity index is 822. The lowest BCUT2D eigenvalue weighted by Crippen LogP contribution is -2.16. The molecule has 1 aromatic carbocycles. The zero-order valence-corrected chi connectivity index (χ0v) is 19.5. The molecule has 28 heavy (non-hydrogen) atoms. The summed E-state index contributed by atoms with van der Waals surface area (Å²) in [5.41, 5.74) is 12.3. The average Bonchev–Trinajstić information content (AvgIpc) is 2.54. The number of allylic oxidation sites excluding steroid dienone is 5. The van der Waals surface area contributed by atoms with Gasteiger partial charge in [-0.1, -0.05) is 58.1 Å². The molecule has 0 aliphatic heterocycles. The van der Waals surface area contributed by atoms with Crippen LogP contribution in [0.3, 0.4) is 0 Å². The summed E-state index contributed by atoms with van der Waals surface area (Å²) in [6.07, 6.45) is 17.3. The van der Waals surface area contributed by atoms with Crippen molar-refractivity contribution >= 4 is 27.6 Å². The number of hydrogen-bond acceptors (Lipinski definition) is 0. The van der Waals surface area contributed by atoms with Gasteiger partial charge in [-0.25, -0.2) is 0 Å². The van der Waals surface area contributed by atoms with Gasteiger partial charge in [0.1, 0.15) is 0 Å². The molecule has 3 aliphatic carbocycles. The van der Waals surface area contributed by atoms with Crippen LogP contribution in [0.15, 0.2) is 34.9 Å². The lowest BCUT2D eigenvalue weighted by molar-refractivity contribution is 0.367. The molecule has 3 fully saturated rings. The van der Waals surface area contributed by atoms with Crippen LogP contribution in [0.25, 0.3) is 11.6 Å². The maximum Gasteiger partial charge on any atom is 0.0245 e. The zero-order valence-electron chi connectivity index (χ0n) is 17.9. The highest BCUT2D eigenvalue weighted by atomic mass is 79.9. The van der Waals surface area contributed by atoms with Gasteiger partial charge in [0, 0.05) is 5.33 Å². The highest BCUT2D eigenvalue weighted by Gasteiger charge is 2.26. The van der Waals surface area contributed by atoms with Crippen LogP contribution in [-0.2, 0) is 0 Å². The minimum atomic E-state index is 0.771. The first kappa shape index (κ1) is 20.2. The quantitative estimate of drug-likeness (QED) is 0.389. The van der Waals surface area contributed by atoms with Crippen molar-refractivity contribution in [3.63, 3.8) is 0 Å². The van der Waals surface area contributed by atoms with Gasteiger partial charge in [-0.3, -0.25) is 0 Å². The molecule has 1 aromatic rings. The van der Waals surface area contributed by atoms with Crippen molar-refractivity contribution in [3.05, 3.63) is 57.2 Å². The molecule has 0 nitrogen and oxygen atoms in total. The van der Waals surface area contributed by atoms with Crippen molar-refractivity contribution in [1.29, 1.82) is 0 Å². The lowest BCUT2D eigenvalue weighted by Gasteiger charge is -2.32. The summed E-state index contributed by atoms with van der Waals surface area (Å²) in [6.45, 7) is 6.88. The molecule has 0 aromatic heterocycles. The molecule has 0 saturated heterocycles. The van der Waals surface area contributed by atoms with E-state index >= 15 is 0 Å². The van der Waals surface area contributed by atoms with E-state index < -0.39 is 0 Å². The van der Waals surface area contributed by atoms with Gasteiger partial charge >= 0.3 is 0 Å². The van der Waals surface area contributed by atoms with Crippen molar-refractivity contribution in [2.24, 2.45) is 5.92 Å². The third-order valence-electron chi connectivity index (χ3n) is 7.58. The SMILES string of the molecule is C/C(CBr)=C(/C)c1cc(/C=C\C(=C2CCC2)C2CCC2)c(C)cc1C1CCC1. The van der Waals surface area contributed by atoms with Crippen molar-refractivity contribution in [3.8, 4) is 0 Å². The van der Waals surface area contributed by atoms with Crippen molar-refractivity contribution < 1.29 is 0 Å². The number of hydrogen-bond donors (Lipinski definition) is 0. The van der Waals surface area contributed by atoms with Gasteiger partial charge in [0.25, 0.3) is 0 Å². The largest absolute Gasteiger partial charge is 0.0880 e. The number of alkyl halides is 1. The fourth-order valence-corrected chi connectivity index (χ4v) is 5.14. The topological polar surface area (TPSA) is 0 Å². The molecule has 3 saturated carbocycles. The molecular weight excluding hydrogens is 404 g/mol. The summed E-state index contributed by atoms with van der Waals surface area (Å²) in [6, 6.07) is 4.99. The number of aryl methyl sites for hydroxylation is 1. The first-order valence-electron chi connectivity index (χ1n) is 11.4. The number of benzene rings is 1. The molecule has 4 rings (SSSR count). The molecule has 0 N–H and O–H groups in total. The van der Waals surface area contributed by atoms with Crippen LogP contribution in [0, 0.1) is 12.8 Å². The van der Waals surface area contributed by atoms with Gasteiger partial charge in [0.05, 0.1) is 0 Å². The van der Waals surface area contributed by atoms with E-state index in [9.17, 15) is 0 Å². The van der Waals surface area contributed by atoms with Gasteiger partial charge in [-0.15, -0.1) is 0 Å². The van der Waals surface area contributed by atoms with Crippen LogP contribution in [0.1, 0.15) is 99.8 Å². The van der Waals surface area contributed by atoms with E-state index in [4.69, 9.17) is 0 Å². The Morgan fingerprint density at radius 1 is 1.04 bits per heavy atom. The van der Waals surface area contributed by atoms with E-state index in [2.05, 4.69) is 61.0 Å². The second kappa shape index (κ2) is 8.74. The molecule has 0 spiro atoms. The van der Waals surface area contributed by atoms with E-state index in [-0.39, 0.29) is 0 Å². The van der Waals surface area contributed by atoms with Crippen molar-refractivity contribution in [1.82, 2.24) is 0 Å². The molecule has 150 valence electrons. The second-order valence-corrected chi connectivity index (χ2v) is 9.90. The van der Waals surface area contributed by atoms with E-state index in [1.165, 1.54) is 85.6 Å². The van der Waals surface area contributed by atoms with Crippen LogP contribution in [0.2, 0.25) is 0 Å². The van der Waals surface area contributed by atoms with Crippen molar-refractivity contribution in [2.75, 3.05) is 5.33 Å². The Kier molecular flexibility index (Phi) is 6.30. The van der Waals surface area contributed by atoms with E-state index in [0.717, 1.165) is 17.2 Å². The summed E-state index contributed by atoms with van der Waals surface area (Å²) in [5, 5.41) is 0.958. The van der Waals surface area contributed by atoms with Crippen molar-refractivity contribution in [2.45, 2.75) is 84.5 Å². The Morgan fingerprint density at radius 3 is 2.25 bits per heavy atom. The predicted octanol–water partition coefficient (Wildman–Crippen LogP) is 8.74. The monoisotopic (exact) mass is 438 g/mol. The summed E-state index contributed by atoms with van der Waals surface area (Å²) >= 11 is 3.67. The zero-order chi connectivity index (χ0) is 19.7. The molecule has 1 heteroatoms. The molecular formula is C27H35Br. The highest BCUT2D eigenvalue weighted by molar-refractivity contribution is 9.09. The Morgan fingerprint density at radius 2 is 1.75 bits per heavy atom. The summed E-state index contributed by atoms with van der Waals surface area (Å²) in [5.74, 6) is 1.62. The summed E-state index contributed by atoms with van der Waals surface area (Å²) in [4.78, 5) is 0. The van der Waals surface area contributed by atoms with Crippen LogP contribution < -0.4 is 0 Å². The van der Waals surface area contributed by atoms with Crippen LogP contribution in [-0.4, -0.2) is 5.33 Å². The lowest BCUT2D eigenvalue weighted by atomic mass is 9.73. The molecule has 3 aliphatic rings. The van der Waals surface area contributed by atoms with Gasteiger partial charge < -0.3 is 0 Å². The molecule has 0 atom stereocenters.